The molecule has 0 saturated carbocycles. The van der Waals surface area contributed by atoms with Crippen molar-refractivity contribution in [2.24, 2.45) is 0 Å². The summed E-state index contributed by atoms with van der Waals surface area (Å²) in [4.78, 5) is 14.0. The van der Waals surface area contributed by atoms with Crippen molar-refractivity contribution in [1.82, 2.24) is 15.0 Å². The summed E-state index contributed by atoms with van der Waals surface area (Å²) in [5, 5.41) is 3.58. The lowest BCUT2D eigenvalue weighted by Crippen LogP contribution is -2.20. The van der Waals surface area contributed by atoms with Gasteiger partial charge >= 0.3 is 0 Å². The Morgan fingerprint density at radius 1 is 1.04 bits per heavy atom. The summed E-state index contributed by atoms with van der Waals surface area (Å²) < 4.78 is 5.31. The fourth-order valence-electron chi connectivity index (χ4n) is 3.00. The molecule has 5 nitrogen and oxygen atoms in total. The second kappa shape index (κ2) is 8.48. The smallest absolute Gasteiger partial charge is 0.136 e. The van der Waals surface area contributed by atoms with Gasteiger partial charge in [-0.05, 0) is 24.6 Å². The molecular formula is C23H28N4O. The Balaban J connectivity index is 2.04. The summed E-state index contributed by atoms with van der Waals surface area (Å²) in [6.45, 7) is 8.87. The molecule has 0 radical (unpaired) electrons. The van der Waals surface area contributed by atoms with Crippen molar-refractivity contribution in [2.75, 3.05) is 12.4 Å². The van der Waals surface area contributed by atoms with Crippen LogP contribution in [0.2, 0.25) is 0 Å². The highest BCUT2D eigenvalue weighted by Crippen LogP contribution is 2.27. The second-order valence-corrected chi connectivity index (χ2v) is 8.00. The third kappa shape index (κ3) is 4.93. The van der Waals surface area contributed by atoms with Crippen LogP contribution in [0.3, 0.4) is 0 Å². The standard InChI is InChI=1S/C23H28N4O/c1-16-9-8-10-17(13-16)21(19-11-6-7-12-24-19)26-20-14-18(15-28-5)25-22(27-20)23(2,3)4/h6-14,21H,15H2,1-5H3,(H,25,26,27). The molecular weight excluding hydrogens is 348 g/mol. The van der Waals surface area contributed by atoms with Crippen LogP contribution in [0, 0.1) is 6.92 Å². The first kappa shape index (κ1) is 20.0. The zero-order chi connectivity index (χ0) is 20.1. The predicted molar refractivity (Wildman–Crippen MR) is 112 cm³/mol. The van der Waals surface area contributed by atoms with Gasteiger partial charge in [0.25, 0.3) is 0 Å². The first-order valence-electron chi connectivity index (χ1n) is 9.48. The SMILES string of the molecule is COCc1cc(NC(c2cccc(C)c2)c2ccccn2)nc(C(C)(C)C)n1. The molecule has 146 valence electrons. The Hall–Kier alpha value is -2.79. The van der Waals surface area contributed by atoms with Crippen LogP contribution in [0.25, 0.3) is 0 Å². The maximum Gasteiger partial charge on any atom is 0.136 e. The number of nitrogens with one attached hydrogen (secondary N) is 1. The van der Waals surface area contributed by atoms with Crippen molar-refractivity contribution in [3.63, 3.8) is 0 Å². The van der Waals surface area contributed by atoms with Gasteiger partial charge in [0.15, 0.2) is 0 Å². The number of benzene rings is 1. The van der Waals surface area contributed by atoms with Gasteiger partial charge in [-0.3, -0.25) is 4.98 Å². The number of methoxy groups -OCH3 is 1. The van der Waals surface area contributed by atoms with E-state index in [1.165, 1.54) is 5.56 Å². The zero-order valence-electron chi connectivity index (χ0n) is 17.2. The van der Waals surface area contributed by atoms with E-state index in [1.54, 1.807) is 7.11 Å². The summed E-state index contributed by atoms with van der Waals surface area (Å²) in [6.07, 6.45) is 1.82. The highest BCUT2D eigenvalue weighted by atomic mass is 16.5. The maximum absolute atomic E-state index is 5.31. The van der Waals surface area contributed by atoms with Gasteiger partial charge in [-0.15, -0.1) is 0 Å². The number of hydrogen-bond donors (Lipinski definition) is 1. The lowest BCUT2D eigenvalue weighted by atomic mass is 9.95. The van der Waals surface area contributed by atoms with E-state index < -0.39 is 0 Å². The maximum atomic E-state index is 5.31. The average molecular weight is 377 g/mol. The Labute approximate surface area is 167 Å². The van der Waals surface area contributed by atoms with E-state index in [2.05, 4.69) is 67.2 Å². The van der Waals surface area contributed by atoms with Crippen molar-refractivity contribution in [3.8, 4) is 0 Å². The van der Waals surface area contributed by atoms with E-state index in [4.69, 9.17) is 9.72 Å². The number of nitrogens with zero attached hydrogens (tertiary/aromatic N) is 3. The molecule has 5 heteroatoms. The molecule has 2 heterocycles. The van der Waals surface area contributed by atoms with Crippen molar-refractivity contribution in [1.29, 1.82) is 0 Å². The zero-order valence-corrected chi connectivity index (χ0v) is 17.2. The molecule has 1 aromatic carbocycles. The normalized spacial score (nSPS) is 12.6. The van der Waals surface area contributed by atoms with Crippen LogP contribution in [-0.2, 0) is 16.8 Å². The molecule has 0 saturated heterocycles. The minimum atomic E-state index is -0.163. The molecule has 3 rings (SSSR count). The van der Waals surface area contributed by atoms with Gasteiger partial charge in [0.2, 0.25) is 0 Å². The number of pyridine rings is 1. The summed E-state index contributed by atoms with van der Waals surface area (Å²) in [6, 6.07) is 16.2. The Bertz CT molecular complexity index is 919. The molecule has 0 aliphatic heterocycles. The number of ether oxygens (including phenoxy) is 1. The molecule has 0 spiro atoms. The minimum absolute atomic E-state index is 0.112. The number of aromatic nitrogens is 3. The van der Waals surface area contributed by atoms with Crippen LogP contribution in [0.5, 0.6) is 0 Å². The van der Waals surface area contributed by atoms with E-state index in [0.29, 0.717) is 6.61 Å². The summed E-state index contributed by atoms with van der Waals surface area (Å²) in [5.74, 6) is 1.55. The minimum Gasteiger partial charge on any atom is -0.378 e. The summed E-state index contributed by atoms with van der Waals surface area (Å²) >= 11 is 0. The van der Waals surface area contributed by atoms with E-state index in [0.717, 1.165) is 28.6 Å². The third-order valence-electron chi connectivity index (χ3n) is 4.39. The van der Waals surface area contributed by atoms with E-state index in [1.807, 2.05) is 30.5 Å². The molecule has 2 aromatic heterocycles. The highest BCUT2D eigenvalue weighted by Gasteiger charge is 2.21. The fraction of sp³-hybridized carbons (Fsp3) is 0.348. The van der Waals surface area contributed by atoms with Crippen LogP contribution in [-0.4, -0.2) is 22.1 Å². The Kier molecular flexibility index (Phi) is 6.05. The number of aryl methyl sites for hydroxylation is 1. The van der Waals surface area contributed by atoms with Crippen LogP contribution < -0.4 is 5.32 Å². The van der Waals surface area contributed by atoms with Gasteiger partial charge in [0, 0.05) is 24.8 Å². The van der Waals surface area contributed by atoms with Gasteiger partial charge in [0.05, 0.1) is 24.0 Å². The first-order chi connectivity index (χ1) is 13.4. The second-order valence-electron chi connectivity index (χ2n) is 8.00. The number of anilines is 1. The van der Waals surface area contributed by atoms with Gasteiger partial charge in [-0.2, -0.15) is 0 Å². The van der Waals surface area contributed by atoms with Gasteiger partial charge < -0.3 is 10.1 Å². The fourth-order valence-corrected chi connectivity index (χ4v) is 3.00. The van der Waals surface area contributed by atoms with Crippen LogP contribution >= 0.6 is 0 Å². The third-order valence-corrected chi connectivity index (χ3v) is 4.39. The van der Waals surface area contributed by atoms with E-state index in [-0.39, 0.29) is 11.5 Å². The van der Waals surface area contributed by atoms with Crippen LogP contribution in [0.4, 0.5) is 5.82 Å². The molecule has 1 unspecified atom stereocenters. The lowest BCUT2D eigenvalue weighted by Gasteiger charge is -2.23. The molecule has 0 aliphatic rings. The Morgan fingerprint density at radius 2 is 1.86 bits per heavy atom. The van der Waals surface area contributed by atoms with Crippen LogP contribution in [0.1, 0.15) is 55.2 Å². The lowest BCUT2D eigenvalue weighted by molar-refractivity contribution is 0.181. The first-order valence-corrected chi connectivity index (χ1v) is 9.48. The van der Waals surface area contributed by atoms with Crippen molar-refractivity contribution < 1.29 is 4.74 Å². The van der Waals surface area contributed by atoms with Crippen molar-refractivity contribution in [2.45, 2.75) is 45.8 Å². The topological polar surface area (TPSA) is 59.9 Å². The average Bonchev–Trinajstić information content (AvgIpc) is 2.66. The Morgan fingerprint density at radius 3 is 2.50 bits per heavy atom. The molecule has 0 amide bonds. The van der Waals surface area contributed by atoms with Crippen molar-refractivity contribution >= 4 is 5.82 Å². The molecule has 28 heavy (non-hydrogen) atoms. The van der Waals surface area contributed by atoms with Gasteiger partial charge in [-0.25, -0.2) is 9.97 Å². The molecule has 0 fully saturated rings. The molecule has 1 N–H and O–H groups in total. The van der Waals surface area contributed by atoms with E-state index in [9.17, 15) is 0 Å². The van der Waals surface area contributed by atoms with Gasteiger partial charge in [-0.1, -0.05) is 56.7 Å². The molecule has 3 aromatic rings. The predicted octanol–water partition coefficient (Wildman–Crippen LogP) is 4.83. The van der Waals surface area contributed by atoms with Crippen LogP contribution in [0.15, 0.2) is 54.7 Å². The van der Waals surface area contributed by atoms with Gasteiger partial charge in [0.1, 0.15) is 11.6 Å². The molecule has 1 atom stereocenters. The van der Waals surface area contributed by atoms with Crippen molar-refractivity contribution in [3.05, 3.63) is 83.1 Å². The number of rotatable bonds is 6. The summed E-state index contributed by atoms with van der Waals surface area (Å²) in [7, 11) is 1.68. The number of hydrogen-bond acceptors (Lipinski definition) is 5. The van der Waals surface area contributed by atoms with E-state index >= 15 is 0 Å². The largest absolute Gasteiger partial charge is 0.378 e. The molecule has 0 aliphatic carbocycles. The molecule has 0 bridgehead atoms. The monoisotopic (exact) mass is 376 g/mol. The quantitative estimate of drug-likeness (QED) is 0.668. The summed E-state index contributed by atoms with van der Waals surface area (Å²) in [5.41, 5.74) is 3.98. The highest BCUT2D eigenvalue weighted by molar-refractivity contribution is 5.44.